The number of aliphatic hydroxyl groups is 1. The molecule has 17 heavy (non-hydrogen) atoms. The highest BCUT2D eigenvalue weighted by Gasteiger charge is 2.23. The van der Waals surface area contributed by atoms with Crippen molar-refractivity contribution < 1.29 is 14.6 Å². The first-order valence-electron chi connectivity index (χ1n) is 5.86. The third-order valence-corrected chi connectivity index (χ3v) is 2.67. The Morgan fingerprint density at radius 2 is 2.24 bits per heavy atom. The van der Waals surface area contributed by atoms with Crippen molar-refractivity contribution in [3.63, 3.8) is 0 Å². The molecule has 0 radical (unpaired) electrons. The predicted molar refractivity (Wildman–Crippen MR) is 63.7 cm³/mol. The van der Waals surface area contributed by atoms with E-state index in [0.29, 0.717) is 17.4 Å². The largest absolute Gasteiger partial charge is 0.483 e. The molecule has 1 saturated carbocycles. The smallest absolute Gasteiger partial charge is 0.258 e. The van der Waals surface area contributed by atoms with Crippen molar-refractivity contribution in [2.45, 2.75) is 31.9 Å². The summed E-state index contributed by atoms with van der Waals surface area (Å²) in [5.41, 5.74) is 0.701. The lowest BCUT2D eigenvalue weighted by molar-refractivity contribution is -0.123. The number of hydrogen-bond donors (Lipinski definition) is 2. The highest BCUT2D eigenvalue weighted by Crippen LogP contribution is 2.24. The zero-order valence-electron chi connectivity index (χ0n) is 9.85. The molecule has 0 unspecified atom stereocenters. The Labute approximate surface area is 101 Å². The van der Waals surface area contributed by atoms with Crippen molar-refractivity contribution in [2.24, 2.45) is 0 Å². The molecule has 1 aromatic rings. The molecule has 92 valence electrons. The van der Waals surface area contributed by atoms with Gasteiger partial charge in [-0.3, -0.25) is 4.79 Å². The van der Waals surface area contributed by atoms with Gasteiger partial charge in [-0.2, -0.15) is 0 Å². The van der Waals surface area contributed by atoms with E-state index in [1.807, 2.05) is 12.1 Å². The fraction of sp³-hybridized carbons (Fsp3) is 0.462. The minimum Gasteiger partial charge on any atom is -0.483 e. The van der Waals surface area contributed by atoms with Crippen LogP contribution in [0.3, 0.4) is 0 Å². The van der Waals surface area contributed by atoms with Crippen molar-refractivity contribution in [1.82, 2.24) is 5.32 Å². The van der Waals surface area contributed by atoms with E-state index in [2.05, 4.69) is 5.32 Å². The van der Waals surface area contributed by atoms with Crippen LogP contribution in [-0.4, -0.2) is 23.7 Å². The molecule has 1 amide bonds. The summed E-state index contributed by atoms with van der Waals surface area (Å²) in [6.07, 6.45) is 1.53. The fourth-order valence-corrected chi connectivity index (χ4v) is 1.60. The van der Waals surface area contributed by atoms with E-state index in [9.17, 15) is 9.90 Å². The molecule has 1 fully saturated rings. The van der Waals surface area contributed by atoms with Crippen LogP contribution in [0.15, 0.2) is 24.3 Å². The predicted octanol–water partition coefficient (Wildman–Crippen LogP) is 1.40. The minimum atomic E-state index is -0.599. The Morgan fingerprint density at radius 1 is 1.53 bits per heavy atom. The van der Waals surface area contributed by atoms with Gasteiger partial charge in [-0.15, -0.1) is 0 Å². The molecule has 0 heterocycles. The monoisotopic (exact) mass is 235 g/mol. The number of amides is 1. The average Bonchev–Trinajstić information content (AvgIpc) is 3.10. The molecule has 4 nitrogen and oxygen atoms in total. The van der Waals surface area contributed by atoms with Gasteiger partial charge < -0.3 is 15.2 Å². The summed E-state index contributed by atoms with van der Waals surface area (Å²) in [5.74, 6) is 0.460. The number of benzene rings is 1. The number of carbonyl (C=O) groups is 1. The van der Waals surface area contributed by atoms with Gasteiger partial charge in [-0.25, -0.2) is 0 Å². The number of carbonyl (C=O) groups excluding carboxylic acids is 1. The van der Waals surface area contributed by atoms with E-state index in [1.165, 1.54) is 0 Å². The third kappa shape index (κ3) is 3.46. The summed E-state index contributed by atoms with van der Waals surface area (Å²) in [6, 6.07) is 7.54. The number of rotatable bonds is 5. The van der Waals surface area contributed by atoms with Gasteiger partial charge in [0.25, 0.3) is 5.91 Å². The van der Waals surface area contributed by atoms with Crippen LogP contribution in [-0.2, 0) is 4.79 Å². The van der Waals surface area contributed by atoms with Crippen molar-refractivity contribution in [1.29, 1.82) is 0 Å². The van der Waals surface area contributed by atoms with Gasteiger partial charge in [-0.05, 0) is 25.8 Å². The first-order valence-corrected chi connectivity index (χ1v) is 5.86. The maximum absolute atomic E-state index is 11.4. The van der Waals surface area contributed by atoms with Crippen LogP contribution in [0.4, 0.5) is 0 Å². The molecule has 1 aliphatic carbocycles. The molecular formula is C13H17NO3. The molecule has 1 aliphatic rings. The van der Waals surface area contributed by atoms with Gasteiger partial charge in [0.15, 0.2) is 6.61 Å². The van der Waals surface area contributed by atoms with Crippen LogP contribution in [0.5, 0.6) is 5.75 Å². The normalized spacial score (nSPS) is 16.4. The number of aliphatic hydroxyl groups excluding tert-OH is 1. The summed E-state index contributed by atoms with van der Waals surface area (Å²) in [7, 11) is 0. The molecule has 0 aliphatic heterocycles. The van der Waals surface area contributed by atoms with Gasteiger partial charge in [0.2, 0.25) is 0 Å². The van der Waals surface area contributed by atoms with Gasteiger partial charge in [0.05, 0.1) is 6.10 Å². The molecule has 2 N–H and O–H groups in total. The van der Waals surface area contributed by atoms with E-state index in [4.69, 9.17) is 4.74 Å². The van der Waals surface area contributed by atoms with Crippen molar-refractivity contribution in [3.05, 3.63) is 29.8 Å². The maximum Gasteiger partial charge on any atom is 0.258 e. The average molecular weight is 235 g/mol. The Kier molecular flexibility index (Phi) is 3.64. The number of hydrogen-bond acceptors (Lipinski definition) is 3. The molecule has 0 aromatic heterocycles. The van der Waals surface area contributed by atoms with Gasteiger partial charge in [0, 0.05) is 11.6 Å². The Hall–Kier alpha value is -1.55. The van der Waals surface area contributed by atoms with Crippen LogP contribution < -0.4 is 10.1 Å². The summed E-state index contributed by atoms with van der Waals surface area (Å²) in [6.45, 7) is 1.67. The van der Waals surface area contributed by atoms with Gasteiger partial charge in [0.1, 0.15) is 5.75 Å². The number of ether oxygens (including phenoxy) is 1. The van der Waals surface area contributed by atoms with Crippen molar-refractivity contribution in [2.75, 3.05) is 6.61 Å². The quantitative estimate of drug-likeness (QED) is 0.811. The molecule has 2 rings (SSSR count). The van der Waals surface area contributed by atoms with Crippen molar-refractivity contribution in [3.8, 4) is 5.75 Å². The first-order chi connectivity index (χ1) is 8.16. The zero-order chi connectivity index (χ0) is 12.3. The van der Waals surface area contributed by atoms with Gasteiger partial charge >= 0.3 is 0 Å². The molecule has 1 atom stereocenters. The first kappa shape index (κ1) is 11.9. The van der Waals surface area contributed by atoms with E-state index in [1.54, 1.807) is 19.1 Å². The third-order valence-electron chi connectivity index (χ3n) is 2.67. The maximum atomic E-state index is 11.4. The van der Waals surface area contributed by atoms with Crippen LogP contribution in [0, 0.1) is 0 Å². The standard InChI is InChI=1S/C13H17NO3/c1-9(15)11-4-2-3-5-12(11)17-8-13(16)14-10-6-7-10/h2-5,9-10,15H,6-8H2,1H3,(H,14,16)/t9-/m0/s1. The number of para-hydroxylation sites is 1. The second kappa shape index (κ2) is 5.19. The van der Waals surface area contributed by atoms with Crippen LogP contribution in [0.1, 0.15) is 31.4 Å². The topological polar surface area (TPSA) is 58.6 Å². The molecule has 0 spiro atoms. The summed E-state index contributed by atoms with van der Waals surface area (Å²) < 4.78 is 5.42. The highest BCUT2D eigenvalue weighted by atomic mass is 16.5. The van der Waals surface area contributed by atoms with Gasteiger partial charge in [-0.1, -0.05) is 18.2 Å². The Morgan fingerprint density at radius 3 is 2.88 bits per heavy atom. The van der Waals surface area contributed by atoms with E-state index < -0.39 is 6.10 Å². The fourth-order valence-electron chi connectivity index (χ4n) is 1.60. The molecule has 1 aromatic carbocycles. The number of nitrogens with one attached hydrogen (secondary N) is 1. The van der Waals surface area contributed by atoms with Crippen LogP contribution in [0.25, 0.3) is 0 Å². The van der Waals surface area contributed by atoms with E-state index in [0.717, 1.165) is 12.8 Å². The summed E-state index contributed by atoms with van der Waals surface area (Å²) >= 11 is 0. The lowest BCUT2D eigenvalue weighted by Gasteiger charge is -2.12. The Bertz CT molecular complexity index is 399. The lowest BCUT2D eigenvalue weighted by Crippen LogP contribution is -2.30. The summed E-state index contributed by atoms with van der Waals surface area (Å²) in [4.78, 5) is 11.4. The van der Waals surface area contributed by atoms with E-state index >= 15 is 0 Å². The lowest BCUT2D eigenvalue weighted by atomic mass is 10.1. The molecule has 4 heteroatoms. The zero-order valence-corrected chi connectivity index (χ0v) is 9.85. The van der Waals surface area contributed by atoms with Crippen LogP contribution in [0.2, 0.25) is 0 Å². The van der Waals surface area contributed by atoms with Crippen molar-refractivity contribution >= 4 is 5.91 Å². The van der Waals surface area contributed by atoms with Crippen LogP contribution >= 0.6 is 0 Å². The second-order valence-electron chi connectivity index (χ2n) is 4.34. The second-order valence-corrected chi connectivity index (χ2v) is 4.34. The molecular weight excluding hydrogens is 218 g/mol. The molecule has 0 saturated heterocycles. The summed E-state index contributed by atoms with van der Waals surface area (Å²) in [5, 5.41) is 12.4. The SMILES string of the molecule is C[C@H](O)c1ccccc1OCC(=O)NC1CC1. The Balaban J connectivity index is 1.90. The minimum absolute atomic E-state index is 0.000231. The molecule has 0 bridgehead atoms. The highest BCUT2D eigenvalue weighted by molar-refractivity contribution is 5.78. The van der Waals surface area contributed by atoms with E-state index in [-0.39, 0.29) is 12.5 Å².